The second-order valence-electron chi connectivity index (χ2n) is 6.03. The minimum Gasteiger partial charge on any atom is -0.384 e. The van der Waals surface area contributed by atoms with E-state index in [-0.39, 0.29) is 13.2 Å². The number of amidine groups is 2. The summed E-state index contributed by atoms with van der Waals surface area (Å²) in [6.45, 7) is 5.89. The van der Waals surface area contributed by atoms with Crippen LogP contribution in [0.15, 0.2) is 29.3 Å². The van der Waals surface area contributed by atoms with Gasteiger partial charge in [0, 0.05) is 21.6 Å². The van der Waals surface area contributed by atoms with E-state index in [1.165, 1.54) is 0 Å². The van der Waals surface area contributed by atoms with Gasteiger partial charge in [-0.05, 0) is 38.5 Å². The lowest BCUT2D eigenvalue weighted by atomic mass is 9.99. The number of benzene rings is 1. The molecule has 26 heavy (non-hydrogen) atoms. The average molecular weight is 364 g/mol. The van der Waals surface area contributed by atoms with E-state index in [0.29, 0.717) is 11.7 Å². The number of hydrogen-bond donors (Lipinski definition) is 3. The fraction of sp³-hybridized carbons (Fsp3) is 0.250. The highest BCUT2D eigenvalue weighted by Gasteiger charge is 2.28. The van der Waals surface area contributed by atoms with Crippen LogP contribution in [0, 0.1) is 36.5 Å². The van der Waals surface area contributed by atoms with Crippen molar-refractivity contribution in [2.45, 2.75) is 20.8 Å². The molecule has 3 rings (SSSR count). The van der Waals surface area contributed by atoms with Crippen LogP contribution in [0.25, 0.3) is 0 Å². The molecule has 0 radical (unpaired) electrons. The summed E-state index contributed by atoms with van der Waals surface area (Å²) >= 11 is 1.60. The molecule has 2 aromatic rings. The van der Waals surface area contributed by atoms with Crippen molar-refractivity contribution >= 4 is 33.7 Å². The second-order valence-corrected chi connectivity index (χ2v) is 7.24. The molecule has 3 N–H and O–H groups in total. The quantitative estimate of drug-likeness (QED) is 0.412. The van der Waals surface area contributed by atoms with Crippen LogP contribution in [0.2, 0.25) is 0 Å². The first-order valence-corrected chi connectivity index (χ1v) is 9.03. The average Bonchev–Trinajstić information content (AvgIpc) is 2.81. The number of anilines is 1. The molecular weight excluding hydrogens is 344 g/mol. The summed E-state index contributed by atoms with van der Waals surface area (Å²) in [4.78, 5) is 7.54. The zero-order valence-electron chi connectivity index (χ0n) is 15.0. The topological polar surface area (TPSA) is 83.5 Å². The van der Waals surface area contributed by atoms with Crippen molar-refractivity contribution < 1.29 is 5.11 Å². The Morgan fingerprint density at radius 1 is 1.31 bits per heavy atom. The fourth-order valence-corrected chi connectivity index (χ4v) is 4.15. The first-order valence-electron chi connectivity index (χ1n) is 8.21. The van der Waals surface area contributed by atoms with Crippen LogP contribution >= 0.6 is 11.3 Å². The Kier molecular flexibility index (Phi) is 5.03. The molecule has 0 bridgehead atoms. The molecule has 132 valence electrons. The molecule has 0 aliphatic carbocycles. The third-order valence-electron chi connectivity index (χ3n) is 4.27. The Bertz CT molecular complexity index is 974. The summed E-state index contributed by atoms with van der Waals surface area (Å²) in [5, 5.41) is 26.1. The molecule has 6 heteroatoms. The van der Waals surface area contributed by atoms with E-state index in [2.05, 4.69) is 25.7 Å². The van der Waals surface area contributed by atoms with Crippen LogP contribution in [-0.2, 0) is 0 Å². The summed E-state index contributed by atoms with van der Waals surface area (Å²) in [5.41, 5.74) is 4.76. The van der Waals surface area contributed by atoms with Gasteiger partial charge in [-0.2, -0.15) is 0 Å². The summed E-state index contributed by atoms with van der Waals surface area (Å²) in [7, 11) is 0. The highest BCUT2D eigenvalue weighted by Crippen LogP contribution is 2.38. The largest absolute Gasteiger partial charge is 0.384 e. The van der Waals surface area contributed by atoms with Gasteiger partial charge in [0.1, 0.15) is 23.3 Å². The monoisotopic (exact) mass is 364 g/mol. The minimum absolute atomic E-state index is 0.161. The Hall–Kier alpha value is -2.75. The van der Waals surface area contributed by atoms with E-state index in [0.717, 1.165) is 37.8 Å². The minimum atomic E-state index is -0.161. The van der Waals surface area contributed by atoms with Crippen LogP contribution in [0.3, 0.4) is 0 Å². The number of aliphatic hydroxyl groups excluding tert-OH is 1. The molecule has 1 aromatic heterocycles. The molecule has 1 aromatic carbocycles. The number of nitrogens with zero attached hydrogens (tertiary/aromatic N) is 2. The first kappa shape index (κ1) is 18.1. The molecule has 5 nitrogen and oxygen atoms in total. The van der Waals surface area contributed by atoms with Gasteiger partial charge >= 0.3 is 0 Å². The maximum atomic E-state index is 8.82. The van der Waals surface area contributed by atoms with E-state index in [4.69, 9.17) is 20.9 Å². The van der Waals surface area contributed by atoms with Crippen molar-refractivity contribution in [2.75, 3.05) is 18.1 Å². The van der Waals surface area contributed by atoms with Crippen LogP contribution in [0.5, 0.6) is 0 Å². The summed E-state index contributed by atoms with van der Waals surface area (Å²) in [5.74, 6) is 6.17. The number of rotatable bonds is 1. The summed E-state index contributed by atoms with van der Waals surface area (Å²) in [6, 6.07) is 7.75. The maximum absolute atomic E-state index is 8.82. The van der Waals surface area contributed by atoms with E-state index in [1.807, 2.05) is 24.3 Å². The standard InChI is InChI=1S/C20H20N4OS/c1-12-13(2)26-20-18(12)19(23-11-17(22)24(20)14(3)21)16-8-6-15(7-9-16)5-4-10-25/h6-9,21-22,25H,10-11H2,1-3H3. The highest BCUT2D eigenvalue weighted by atomic mass is 32.1. The fourth-order valence-electron chi connectivity index (χ4n) is 2.92. The van der Waals surface area contributed by atoms with E-state index < -0.39 is 0 Å². The van der Waals surface area contributed by atoms with Gasteiger partial charge in [0.05, 0.1) is 12.3 Å². The van der Waals surface area contributed by atoms with Gasteiger partial charge in [-0.1, -0.05) is 24.0 Å². The van der Waals surface area contributed by atoms with Crippen LogP contribution in [0.1, 0.15) is 34.1 Å². The maximum Gasteiger partial charge on any atom is 0.129 e. The summed E-state index contributed by atoms with van der Waals surface area (Å²) < 4.78 is 0. The Morgan fingerprint density at radius 2 is 2.00 bits per heavy atom. The van der Waals surface area contributed by atoms with Gasteiger partial charge in [0.2, 0.25) is 0 Å². The van der Waals surface area contributed by atoms with Crippen molar-refractivity contribution in [1.29, 1.82) is 10.8 Å². The van der Waals surface area contributed by atoms with Gasteiger partial charge < -0.3 is 5.11 Å². The van der Waals surface area contributed by atoms with Gasteiger partial charge in [-0.25, -0.2) is 0 Å². The smallest absolute Gasteiger partial charge is 0.129 e. The van der Waals surface area contributed by atoms with E-state index in [1.54, 1.807) is 23.2 Å². The normalized spacial score (nSPS) is 13.5. The Balaban J connectivity index is 2.14. The molecule has 2 heterocycles. The van der Waals surface area contributed by atoms with Gasteiger partial charge in [-0.3, -0.25) is 20.7 Å². The molecular formula is C20H20N4OS. The molecule has 0 spiro atoms. The predicted octanol–water partition coefficient (Wildman–Crippen LogP) is 3.34. The van der Waals surface area contributed by atoms with Gasteiger partial charge in [0.15, 0.2) is 0 Å². The number of aliphatic imine (C=N–C) groups is 1. The zero-order valence-corrected chi connectivity index (χ0v) is 15.8. The number of hydrogen-bond acceptors (Lipinski definition) is 5. The van der Waals surface area contributed by atoms with Crippen LogP contribution in [-0.4, -0.2) is 35.6 Å². The lowest BCUT2D eigenvalue weighted by Gasteiger charge is -2.21. The lowest BCUT2D eigenvalue weighted by molar-refractivity contribution is 0.350. The molecule has 0 amide bonds. The summed E-state index contributed by atoms with van der Waals surface area (Å²) in [6.07, 6.45) is 0. The molecule has 1 aliphatic heterocycles. The molecule has 0 saturated heterocycles. The highest BCUT2D eigenvalue weighted by molar-refractivity contribution is 7.17. The third kappa shape index (κ3) is 3.19. The van der Waals surface area contributed by atoms with Gasteiger partial charge in [-0.15, -0.1) is 11.3 Å². The van der Waals surface area contributed by atoms with Crippen molar-refractivity contribution in [3.05, 3.63) is 51.4 Å². The number of aryl methyl sites for hydroxylation is 1. The molecule has 1 aliphatic rings. The number of nitrogens with one attached hydrogen (secondary N) is 2. The molecule has 0 atom stereocenters. The second kappa shape index (κ2) is 7.24. The van der Waals surface area contributed by atoms with Crippen LogP contribution < -0.4 is 4.90 Å². The third-order valence-corrected chi connectivity index (χ3v) is 5.46. The van der Waals surface area contributed by atoms with E-state index in [9.17, 15) is 0 Å². The Labute approximate surface area is 157 Å². The van der Waals surface area contributed by atoms with Gasteiger partial charge in [0.25, 0.3) is 0 Å². The Morgan fingerprint density at radius 3 is 2.62 bits per heavy atom. The molecule has 0 saturated carbocycles. The van der Waals surface area contributed by atoms with Crippen molar-refractivity contribution in [3.8, 4) is 11.8 Å². The number of aliphatic hydroxyl groups is 1. The number of thiophene rings is 1. The van der Waals surface area contributed by atoms with Crippen molar-refractivity contribution in [3.63, 3.8) is 0 Å². The first-order chi connectivity index (χ1) is 12.4. The molecule has 0 fully saturated rings. The predicted molar refractivity (Wildman–Crippen MR) is 108 cm³/mol. The molecule has 0 unspecified atom stereocenters. The zero-order chi connectivity index (χ0) is 18.8. The van der Waals surface area contributed by atoms with Crippen molar-refractivity contribution in [1.82, 2.24) is 0 Å². The van der Waals surface area contributed by atoms with Crippen molar-refractivity contribution in [2.24, 2.45) is 4.99 Å². The SMILES string of the molecule is CC(=N)N1C(=N)CN=C(c2ccc(C#CCO)cc2)c2c1sc(C)c2C. The number of fused-ring (bicyclic) bond motifs is 1. The van der Waals surface area contributed by atoms with E-state index >= 15 is 0 Å². The van der Waals surface area contributed by atoms with Crippen LogP contribution in [0.4, 0.5) is 5.00 Å². The lowest BCUT2D eigenvalue weighted by Crippen LogP contribution is -2.35.